The molecule has 4 aromatic carbocycles. The molecule has 6 N–H and O–H groups in total. The first kappa shape index (κ1) is 102. The van der Waals surface area contributed by atoms with Crippen LogP contribution in [0.4, 0.5) is 0 Å². The van der Waals surface area contributed by atoms with Crippen molar-refractivity contribution in [3.63, 3.8) is 0 Å². The van der Waals surface area contributed by atoms with E-state index in [9.17, 15) is 19.2 Å². The molecule has 0 amide bonds. The molecule has 0 aliphatic heterocycles. The summed E-state index contributed by atoms with van der Waals surface area (Å²) in [5.74, 6) is 0.203. The fraction of sp³-hybridized carbons (Fsp3) is 0.293. The molecular weight excluding hydrogens is 1570 g/mol. The molecule has 0 aliphatic carbocycles. The minimum absolute atomic E-state index is 0. The molecule has 6 heterocycles. The van der Waals surface area contributed by atoms with E-state index in [1.807, 2.05) is 125 Å². The third-order valence-corrected chi connectivity index (χ3v) is 17.1. The van der Waals surface area contributed by atoms with Crippen LogP contribution in [0, 0.1) is 27.7 Å². The largest absolute Gasteiger partial charge is 4.00 e. The van der Waals surface area contributed by atoms with Crippen LogP contribution in [0.1, 0.15) is 154 Å². The number of nitrogens with zero attached hydrogens (tertiary/aromatic N) is 8. The number of fused-ring (bicyclic) bond motifs is 2. The van der Waals surface area contributed by atoms with Gasteiger partial charge < -0.3 is 45.2 Å². The van der Waals surface area contributed by atoms with E-state index >= 15 is 0 Å². The number of aryl methyl sites for hydroxylation is 2. The van der Waals surface area contributed by atoms with Gasteiger partial charge in [0.05, 0.1) is 33.8 Å². The fourth-order valence-electron chi connectivity index (χ4n) is 11.9. The molecule has 0 aliphatic rings. The average molecular weight is 1670 g/mol. The second kappa shape index (κ2) is 59.0. The minimum Gasteiger partial charge on any atom is -0.545 e. The maximum Gasteiger partial charge on any atom is 4.00 e. The minimum atomic E-state index is -0.115. The summed E-state index contributed by atoms with van der Waals surface area (Å²) in [7, 11) is 0. The Morgan fingerprint density at radius 3 is 0.916 bits per heavy atom. The number of rotatable bonds is 30. The Kier molecular flexibility index (Phi) is 56.3. The molecule has 0 atom stereocenters. The normalized spacial score (nSPS) is 9.79. The Morgan fingerprint density at radius 1 is 0.374 bits per heavy atom. The number of unbranched alkanes of at least 4 members (excludes halogenated alkanes) is 8. The number of aromatic nitrogens is 6. The number of ketones is 2. The first-order valence-electron chi connectivity index (χ1n) is 33.1. The van der Waals surface area contributed by atoms with Crippen LogP contribution in [0.25, 0.3) is 21.8 Å². The Hall–Kier alpha value is -9.06. The molecule has 107 heavy (non-hydrogen) atoms. The van der Waals surface area contributed by atoms with E-state index in [4.69, 9.17) is 52.0 Å². The van der Waals surface area contributed by atoms with Crippen molar-refractivity contribution in [2.24, 2.45) is 0 Å². The molecule has 10 aromatic rings. The van der Waals surface area contributed by atoms with Crippen molar-refractivity contribution in [1.82, 2.24) is 38.9 Å². The molecule has 6 aromatic heterocycles. The summed E-state index contributed by atoms with van der Waals surface area (Å²) in [5, 5.41) is 3.13. The van der Waals surface area contributed by atoms with E-state index in [2.05, 4.69) is 107 Å². The SMILES string of the molecule is Cc1ccc2c(c1)c(CC(=O)CCCCCCCN(Cc1ccccn1)Cc1ccccn1)c(C)n2C(=O)c1ccc(Cl)cc1.Cc1ccc2c(c1)c(CC(=O)CCCCCCCN(Cc1ccccn1)Cc1ccccn1)c(C)n2C(=O)c1ccc(Cl)cc1.O.O.O.[CH-]=O.[CH-]=O.[CH-]=O.[CH-]=O.[CH-]=O.[CH-]=O.[Tc+4].[Tc]. The Labute approximate surface area is 665 Å². The summed E-state index contributed by atoms with van der Waals surface area (Å²) >= 11 is 12.1. The van der Waals surface area contributed by atoms with E-state index in [1.165, 1.54) is 0 Å². The van der Waals surface area contributed by atoms with Gasteiger partial charge in [-0.2, -0.15) is 0 Å². The zero-order valence-corrected chi connectivity index (χ0v) is 65.8. The second-order valence-corrected chi connectivity index (χ2v) is 24.5. The number of benzene rings is 4. The van der Waals surface area contributed by atoms with Gasteiger partial charge >= 0.3 is 20.1 Å². The summed E-state index contributed by atoms with van der Waals surface area (Å²) in [5.41, 5.74) is 12.8. The standard InChI is InChI=1S/2C38H41ClN4O2.6CHO.3H2O.2Tc/c2*1-28-15-20-37-36(24-28)35(29(2)43(37)38(45)30-16-18-31(39)19-17-30)25-34(44)14-6-4-3-5-11-23-42(26-32-12-7-9-21-40-32)27-33-13-8-10-22-41-33;6*1-2;;;;;/h2*7-10,12-13,15-22,24H,3-6,11,14,23,25-27H2,1-2H3;6*1H;3*1H2;;/q;;6*-1;;;;;+4. The van der Waals surface area contributed by atoms with Gasteiger partial charge in [-0.3, -0.25) is 98.8 Å². The Balaban J connectivity index is -0.00000170. The van der Waals surface area contributed by atoms with E-state index in [0.29, 0.717) is 46.9 Å². The maximum atomic E-state index is 13.5. The Morgan fingerprint density at radius 2 is 0.645 bits per heavy atom. The van der Waals surface area contributed by atoms with E-state index in [-0.39, 0.29) is 80.0 Å². The zero-order valence-electron chi connectivity index (χ0n) is 60.6. The number of hydrogen-bond acceptors (Lipinski definition) is 16. The van der Waals surface area contributed by atoms with Crippen molar-refractivity contribution in [3.8, 4) is 0 Å². The van der Waals surface area contributed by atoms with E-state index < -0.39 is 0 Å². The van der Waals surface area contributed by atoms with Crippen LogP contribution in [0.3, 0.4) is 0 Å². The van der Waals surface area contributed by atoms with Crippen molar-refractivity contribution < 1.29 is 105 Å². The van der Waals surface area contributed by atoms with Crippen LogP contribution in [0.5, 0.6) is 0 Å². The van der Waals surface area contributed by atoms with Crippen molar-refractivity contribution >= 4 is 109 Å². The molecule has 0 spiro atoms. The molecule has 0 unspecified atom stereocenters. The molecule has 0 saturated carbocycles. The smallest absolute Gasteiger partial charge is 0.545 e. The summed E-state index contributed by atoms with van der Waals surface area (Å²) in [4.78, 5) is 123. The molecule has 0 fully saturated rings. The third kappa shape index (κ3) is 33.7. The van der Waals surface area contributed by atoms with Gasteiger partial charge in [0.25, 0.3) is 11.8 Å². The van der Waals surface area contributed by atoms with E-state index in [1.54, 1.807) is 57.7 Å². The average Bonchev–Trinajstić information content (AvgIpc) is 1.62. The van der Waals surface area contributed by atoms with Gasteiger partial charge in [0.2, 0.25) is 0 Å². The number of carbonyl (C=O) groups is 4. The molecular formula is C82H94Cl2N8O13Tc2-2. The van der Waals surface area contributed by atoms with Crippen LogP contribution in [0.2, 0.25) is 10.0 Å². The summed E-state index contributed by atoms with van der Waals surface area (Å²) in [6.07, 6.45) is 19.6. The maximum absolute atomic E-state index is 13.5. The predicted octanol–water partition coefficient (Wildman–Crippen LogP) is 13.0. The number of Topliss-reactive ketones (excluding diaryl/α,β-unsaturated/α-hetero) is 2. The van der Waals surface area contributed by atoms with Gasteiger partial charge in [0.1, 0.15) is 11.6 Å². The molecule has 10 rings (SSSR count). The van der Waals surface area contributed by atoms with Crippen molar-refractivity contribution in [2.75, 3.05) is 13.1 Å². The Bertz CT molecular complexity index is 3750. The number of pyridine rings is 4. The van der Waals surface area contributed by atoms with Gasteiger partial charge in [0.15, 0.2) is 0 Å². The van der Waals surface area contributed by atoms with Crippen LogP contribution >= 0.6 is 23.2 Å². The van der Waals surface area contributed by atoms with Gasteiger partial charge in [-0.15, -0.1) is 0 Å². The van der Waals surface area contributed by atoms with Gasteiger partial charge in [-0.05, 0) is 199 Å². The summed E-state index contributed by atoms with van der Waals surface area (Å²) < 4.78 is 3.48. The second-order valence-electron chi connectivity index (χ2n) is 23.6. The van der Waals surface area contributed by atoms with Crippen LogP contribution in [-0.4, -0.2) is 133 Å². The van der Waals surface area contributed by atoms with E-state index in [0.717, 1.165) is 182 Å². The predicted molar refractivity (Wildman–Crippen MR) is 415 cm³/mol. The molecule has 21 nitrogen and oxygen atoms in total. The first-order chi connectivity index (χ1) is 49.8. The van der Waals surface area contributed by atoms with Crippen molar-refractivity contribution in [1.29, 1.82) is 0 Å². The van der Waals surface area contributed by atoms with Crippen LogP contribution in [0.15, 0.2) is 183 Å². The quantitative estimate of drug-likeness (QED) is 0.0229. The fourth-order valence-corrected chi connectivity index (χ4v) is 12.1. The number of carbonyl (C=O) groups excluding carboxylic acids is 10. The van der Waals surface area contributed by atoms with Crippen LogP contribution in [-0.2, 0) is 118 Å². The monoisotopic (exact) mass is 1660 g/mol. The van der Waals surface area contributed by atoms with Crippen molar-refractivity contribution in [3.05, 3.63) is 260 Å². The molecule has 2 radical (unpaired) electrons. The first-order valence-corrected chi connectivity index (χ1v) is 33.8. The molecule has 0 saturated heterocycles. The molecule has 570 valence electrons. The summed E-state index contributed by atoms with van der Waals surface area (Å²) in [6.45, 7) is 32.6. The topological polar surface area (TPSA) is 333 Å². The van der Waals surface area contributed by atoms with Gasteiger partial charge in [0, 0.05) is 140 Å². The summed E-state index contributed by atoms with van der Waals surface area (Å²) in [6, 6.07) is 50.2. The van der Waals surface area contributed by atoms with Crippen molar-refractivity contribution in [2.45, 2.75) is 144 Å². The third-order valence-electron chi connectivity index (χ3n) is 16.6. The number of hydrogen-bond donors (Lipinski definition) is 0. The zero-order chi connectivity index (χ0) is 75.2. The molecule has 0 bridgehead atoms. The van der Waals surface area contributed by atoms with Crippen LogP contribution < -0.4 is 0 Å². The van der Waals surface area contributed by atoms with Gasteiger partial charge in [-0.1, -0.05) is 109 Å². The number of halogens is 2. The molecule has 25 heteroatoms. The van der Waals surface area contributed by atoms with Gasteiger partial charge in [-0.25, -0.2) is 0 Å².